The third kappa shape index (κ3) is 2.12. The van der Waals surface area contributed by atoms with Gasteiger partial charge in [-0.25, -0.2) is 9.97 Å². The summed E-state index contributed by atoms with van der Waals surface area (Å²) in [4.78, 5) is 10.7. The number of aromatic nitrogens is 2. The van der Waals surface area contributed by atoms with Crippen molar-refractivity contribution in [2.75, 3.05) is 25.3 Å². The SMILES string of the molecule is CSc1nc(N(C)C)nc(C)c1C. The van der Waals surface area contributed by atoms with E-state index in [2.05, 4.69) is 16.9 Å². The Morgan fingerprint density at radius 1 is 1.15 bits per heavy atom. The van der Waals surface area contributed by atoms with Crippen molar-refractivity contribution in [3.05, 3.63) is 11.3 Å². The van der Waals surface area contributed by atoms with Gasteiger partial charge in [-0.3, -0.25) is 0 Å². The summed E-state index contributed by atoms with van der Waals surface area (Å²) < 4.78 is 0. The summed E-state index contributed by atoms with van der Waals surface area (Å²) in [5.41, 5.74) is 2.24. The van der Waals surface area contributed by atoms with E-state index in [4.69, 9.17) is 0 Å². The van der Waals surface area contributed by atoms with Gasteiger partial charge in [-0.2, -0.15) is 0 Å². The fraction of sp³-hybridized carbons (Fsp3) is 0.556. The van der Waals surface area contributed by atoms with E-state index in [0.717, 1.165) is 16.7 Å². The maximum Gasteiger partial charge on any atom is 0.226 e. The smallest absolute Gasteiger partial charge is 0.226 e. The first-order valence-corrected chi connectivity index (χ1v) is 5.35. The quantitative estimate of drug-likeness (QED) is 0.535. The summed E-state index contributed by atoms with van der Waals surface area (Å²) in [7, 11) is 3.91. The van der Waals surface area contributed by atoms with Crippen LogP contribution in [0.15, 0.2) is 5.03 Å². The number of nitrogens with zero attached hydrogens (tertiary/aromatic N) is 3. The molecular weight excluding hydrogens is 182 g/mol. The molecule has 0 atom stereocenters. The fourth-order valence-corrected chi connectivity index (χ4v) is 1.61. The summed E-state index contributed by atoms with van der Waals surface area (Å²) in [5.74, 6) is 0.785. The van der Waals surface area contributed by atoms with Gasteiger partial charge in [0, 0.05) is 25.4 Å². The Hall–Kier alpha value is -0.770. The Morgan fingerprint density at radius 2 is 1.77 bits per heavy atom. The van der Waals surface area contributed by atoms with E-state index in [9.17, 15) is 0 Å². The minimum Gasteiger partial charge on any atom is -0.347 e. The van der Waals surface area contributed by atoms with Gasteiger partial charge in [0.05, 0.1) is 0 Å². The molecule has 0 spiro atoms. The number of anilines is 1. The Kier molecular flexibility index (Phi) is 3.14. The van der Waals surface area contributed by atoms with Crippen LogP contribution in [0.4, 0.5) is 5.95 Å². The van der Waals surface area contributed by atoms with E-state index in [1.165, 1.54) is 5.56 Å². The monoisotopic (exact) mass is 197 g/mol. The van der Waals surface area contributed by atoms with Gasteiger partial charge >= 0.3 is 0 Å². The number of aryl methyl sites for hydroxylation is 1. The van der Waals surface area contributed by atoms with Gasteiger partial charge in [-0.1, -0.05) is 0 Å². The number of hydrogen-bond acceptors (Lipinski definition) is 4. The molecule has 0 aliphatic carbocycles. The lowest BCUT2D eigenvalue weighted by atomic mass is 10.3. The maximum absolute atomic E-state index is 4.43. The van der Waals surface area contributed by atoms with Gasteiger partial charge < -0.3 is 4.90 Å². The average Bonchev–Trinajstić information content (AvgIpc) is 2.09. The van der Waals surface area contributed by atoms with Crippen molar-refractivity contribution >= 4 is 17.7 Å². The first-order chi connectivity index (χ1) is 6.06. The van der Waals surface area contributed by atoms with Crippen LogP contribution in [0.3, 0.4) is 0 Å². The highest BCUT2D eigenvalue weighted by molar-refractivity contribution is 7.98. The summed E-state index contributed by atoms with van der Waals surface area (Å²) in [5, 5.41) is 1.07. The van der Waals surface area contributed by atoms with Crippen LogP contribution in [0.2, 0.25) is 0 Å². The Balaban J connectivity index is 3.22. The van der Waals surface area contributed by atoms with Crippen molar-refractivity contribution in [1.29, 1.82) is 0 Å². The standard InChI is InChI=1S/C9H15N3S/c1-6-7(2)10-9(12(3)4)11-8(6)13-5/h1-5H3. The lowest BCUT2D eigenvalue weighted by Gasteiger charge is -2.13. The predicted molar refractivity (Wildman–Crippen MR) is 57.6 cm³/mol. The topological polar surface area (TPSA) is 29.0 Å². The summed E-state index contributed by atoms with van der Waals surface area (Å²) in [6.07, 6.45) is 2.04. The molecule has 0 bridgehead atoms. The van der Waals surface area contributed by atoms with Crippen LogP contribution in [0.1, 0.15) is 11.3 Å². The largest absolute Gasteiger partial charge is 0.347 e. The maximum atomic E-state index is 4.43. The second-order valence-electron chi connectivity index (χ2n) is 3.14. The van der Waals surface area contributed by atoms with E-state index in [-0.39, 0.29) is 0 Å². The van der Waals surface area contributed by atoms with Crippen molar-refractivity contribution in [3.63, 3.8) is 0 Å². The van der Waals surface area contributed by atoms with Crippen molar-refractivity contribution in [2.24, 2.45) is 0 Å². The van der Waals surface area contributed by atoms with Gasteiger partial charge in [0.2, 0.25) is 5.95 Å². The summed E-state index contributed by atoms with van der Waals surface area (Å²) in [6, 6.07) is 0. The zero-order valence-electron chi connectivity index (χ0n) is 8.75. The number of hydrogen-bond donors (Lipinski definition) is 0. The van der Waals surface area contributed by atoms with E-state index < -0.39 is 0 Å². The molecular formula is C9H15N3S. The third-order valence-corrected chi connectivity index (χ3v) is 2.71. The molecule has 3 nitrogen and oxygen atoms in total. The minimum absolute atomic E-state index is 0.785. The van der Waals surface area contributed by atoms with Crippen LogP contribution in [0.25, 0.3) is 0 Å². The summed E-state index contributed by atoms with van der Waals surface area (Å²) >= 11 is 1.66. The van der Waals surface area contributed by atoms with Crippen molar-refractivity contribution < 1.29 is 0 Å². The highest BCUT2D eigenvalue weighted by Crippen LogP contribution is 2.21. The van der Waals surface area contributed by atoms with Gasteiger partial charge in [0.1, 0.15) is 5.03 Å². The van der Waals surface area contributed by atoms with Crippen LogP contribution in [0, 0.1) is 13.8 Å². The van der Waals surface area contributed by atoms with E-state index >= 15 is 0 Å². The lowest BCUT2D eigenvalue weighted by Crippen LogP contribution is -2.14. The van der Waals surface area contributed by atoms with Gasteiger partial charge in [0.25, 0.3) is 0 Å². The molecule has 0 aromatic carbocycles. The molecule has 0 saturated heterocycles. The van der Waals surface area contributed by atoms with Crippen molar-refractivity contribution in [1.82, 2.24) is 9.97 Å². The molecule has 0 radical (unpaired) electrons. The molecule has 0 saturated carbocycles. The first kappa shape index (κ1) is 10.3. The van der Waals surface area contributed by atoms with Crippen LogP contribution >= 0.6 is 11.8 Å². The molecule has 1 aromatic heterocycles. The van der Waals surface area contributed by atoms with E-state index in [1.54, 1.807) is 11.8 Å². The van der Waals surface area contributed by atoms with E-state index in [1.807, 2.05) is 32.2 Å². The Bertz CT molecular complexity index is 310. The van der Waals surface area contributed by atoms with Gasteiger partial charge in [0.15, 0.2) is 0 Å². The molecule has 13 heavy (non-hydrogen) atoms. The Labute approximate surface area is 83.6 Å². The zero-order chi connectivity index (χ0) is 10.0. The first-order valence-electron chi connectivity index (χ1n) is 4.12. The Morgan fingerprint density at radius 3 is 2.23 bits per heavy atom. The third-order valence-electron chi connectivity index (χ3n) is 1.93. The number of thioether (sulfide) groups is 1. The van der Waals surface area contributed by atoms with Gasteiger partial charge in [-0.05, 0) is 20.1 Å². The minimum atomic E-state index is 0.785. The summed E-state index contributed by atoms with van der Waals surface area (Å²) in [6.45, 7) is 4.07. The second kappa shape index (κ2) is 3.96. The van der Waals surface area contributed by atoms with Gasteiger partial charge in [-0.15, -0.1) is 11.8 Å². The molecule has 0 aliphatic rings. The molecule has 0 unspecified atom stereocenters. The molecule has 4 heteroatoms. The molecule has 1 heterocycles. The molecule has 0 N–H and O–H groups in total. The predicted octanol–water partition coefficient (Wildman–Crippen LogP) is 1.88. The normalized spacial score (nSPS) is 10.2. The molecule has 0 aliphatic heterocycles. The average molecular weight is 197 g/mol. The van der Waals surface area contributed by atoms with Crippen molar-refractivity contribution in [2.45, 2.75) is 18.9 Å². The molecule has 0 fully saturated rings. The lowest BCUT2D eigenvalue weighted by molar-refractivity contribution is 0.906. The highest BCUT2D eigenvalue weighted by atomic mass is 32.2. The fourth-order valence-electron chi connectivity index (χ4n) is 0.987. The van der Waals surface area contributed by atoms with Crippen molar-refractivity contribution in [3.8, 4) is 0 Å². The van der Waals surface area contributed by atoms with Crippen LogP contribution in [-0.2, 0) is 0 Å². The van der Waals surface area contributed by atoms with Crippen LogP contribution in [-0.4, -0.2) is 30.3 Å². The van der Waals surface area contributed by atoms with Crippen LogP contribution in [0.5, 0.6) is 0 Å². The molecule has 1 aromatic rings. The van der Waals surface area contributed by atoms with Crippen LogP contribution < -0.4 is 4.90 Å². The van der Waals surface area contributed by atoms with E-state index in [0.29, 0.717) is 0 Å². The molecule has 1 rings (SSSR count). The molecule has 0 amide bonds. The zero-order valence-corrected chi connectivity index (χ0v) is 9.57. The highest BCUT2D eigenvalue weighted by Gasteiger charge is 2.07. The number of rotatable bonds is 2. The molecule has 72 valence electrons. The second-order valence-corrected chi connectivity index (χ2v) is 3.93.